The monoisotopic (exact) mass is 279 g/mol. The molecule has 1 fully saturated rings. The smallest absolute Gasteiger partial charge is 0.421 e. The molecule has 0 aromatic heterocycles. The molecule has 0 saturated carbocycles. The third kappa shape index (κ3) is 4.43. The highest BCUT2D eigenvalue weighted by atomic mass is 32.2. The molecule has 7 nitrogen and oxygen atoms in total. The summed E-state index contributed by atoms with van der Waals surface area (Å²) in [5.41, 5.74) is 0. The molecule has 0 aromatic carbocycles. The van der Waals surface area contributed by atoms with Gasteiger partial charge in [-0.3, -0.25) is 0 Å². The molecule has 0 radical (unpaired) electrons. The summed E-state index contributed by atoms with van der Waals surface area (Å²) in [6.07, 6.45) is 0.938. The first-order valence-electron chi connectivity index (χ1n) is 6.06. The maximum Gasteiger partial charge on any atom is 0.421 e. The van der Waals surface area contributed by atoms with Gasteiger partial charge in [0.2, 0.25) is 0 Å². The molecule has 1 aliphatic heterocycles. The third-order valence-electron chi connectivity index (χ3n) is 3.01. The molecule has 106 valence electrons. The second-order valence-corrected chi connectivity index (χ2v) is 5.91. The molecule has 0 spiro atoms. The van der Waals surface area contributed by atoms with Crippen LogP contribution in [-0.2, 0) is 14.9 Å². The fourth-order valence-corrected chi connectivity index (χ4v) is 3.13. The summed E-state index contributed by atoms with van der Waals surface area (Å²) in [4.78, 5) is 11.0. The van der Waals surface area contributed by atoms with Gasteiger partial charge in [0.05, 0.1) is 7.11 Å². The van der Waals surface area contributed by atoms with E-state index in [-0.39, 0.29) is 0 Å². The van der Waals surface area contributed by atoms with Crippen molar-refractivity contribution in [3.05, 3.63) is 0 Å². The van der Waals surface area contributed by atoms with Crippen molar-refractivity contribution in [2.24, 2.45) is 5.92 Å². The molecule has 1 rings (SSSR count). The predicted molar refractivity (Wildman–Crippen MR) is 67.3 cm³/mol. The van der Waals surface area contributed by atoms with Gasteiger partial charge in [-0.2, -0.15) is 12.7 Å². The second-order valence-electron chi connectivity index (χ2n) is 4.24. The van der Waals surface area contributed by atoms with Crippen LogP contribution in [0.1, 0.15) is 19.8 Å². The number of carbonyl (C=O) groups is 1. The number of hydrogen-bond donors (Lipinski definition) is 2. The average molecular weight is 279 g/mol. The molecule has 1 saturated heterocycles. The number of nitrogens with one attached hydrogen (secondary N) is 2. The molecule has 0 unspecified atom stereocenters. The Kier molecular flexibility index (Phi) is 5.83. The minimum Gasteiger partial charge on any atom is -0.452 e. The maximum atomic E-state index is 11.9. The van der Waals surface area contributed by atoms with E-state index in [9.17, 15) is 13.2 Å². The quantitative estimate of drug-likeness (QED) is 0.734. The van der Waals surface area contributed by atoms with Crippen LogP contribution in [0.15, 0.2) is 0 Å². The number of piperidine rings is 1. The van der Waals surface area contributed by atoms with Gasteiger partial charge in [-0.15, -0.1) is 0 Å². The van der Waals surface area contributed by atoms with Crippen LogP contribution < -0.4 is 10.0 Å². The van der Waals surface area contributed by atoms with E-state index < -0.39 is 16.3 Å². The van der Waals surface area contributed by atoms with Crippen LogP contribution in [0.4, 0.5) is 4.79 Å². The number of carbonyl (C=O) groups excluding carboxylic acids is 1. The van der Waals surface area contributed by atoms with Crippen molar-refractivity contribution in [3.8, 4) is 0 Å². The maximum absolute atomic E-state index is 11.9. The molecule has 0 aliphatic carbocycles. The van der Waals surface area contributed by atoms with E-state index in [0.29, 0.717) is 19.0 Å². The molecule has 1 aliphatic rings. The van der Waals surface area contributed by atoms with Crippen LogP contribution in [0.3, 0.4) is 0 Å². The molecule has 1 heterocycles. The van der Waals surface area contributed by atoms with Crippen LogP contribution in [0, 0.1) is 5.92 Å². The van der Waals surface area contributed by atoms with Crippen molar-refractivity contribution >= 4 is 16.3 Å². The Morgan fingerprint density at radius 1 is 1.44 bits per heavy atom. The Labute approximate surface area is 108 Å². The van der Waals surface area contributed by atoms with E-state index in [1.807, 2.05) is 4.72 Å². The Morgan fingerprint density at radius 2 is 2.06 bits per heavy atom. The lowest BCUT2D eigenvalue weighted by atomic mass is 9.98. The largest absolute Gasteiger partial charge is 0.452 e. The van der Waals surface area contributed by atoms with E-state index in [2.05, 4.69) is 10.1 Å². The summed E-state index contributed by atoms with van der Waals surface area (Å²) in [7, 11) is -2.66. The number of rotatable bonds is 5. The molecule has 1 amide bonds. The number of methoxy groups -OCH3 is 1. The summed E-state index contributed by atoms with van der Waals surface area (Å²) in [5, 5.41) is 3.23. The van der Waals surface area contributed by atoms with Gasteiger partial charge in [-0.05, 0) is 31.8 Å². The van der Waals surface area contributed by atoms with Crippen LogP contribution >= 0.6 is 0 Å². The normalized spacial score (nSPS) is 17.7. The van der Waals surface area contributed by atoms with E-state index in [0.717, 1.165) is 33.0 Å². The second kappa shape index (κ2) is 6.91. The standard InChI is InChI=1S/C10H21N3O4S/c1-3-13(8-9-4-6-11-7-5-9)18(15,16)12-10(14)17-2/h9,11H,3-8H2,1-2H3,(H,12,14). The summed E-state index contributed by atoms with van der Waals surface area (Å²) in [6.45, 7) is 4.33. The number of nitrogens with zero attached hydrogens (tertiary/aromatic N) is 1. The summed E-state index contributed by atoms with van der Waals surface area (Å²) >= 11 is 0. The van der Waals surface area contributed by atoms with E-state index in [1.165, 1.54) is 4.31 Å². The van der Waals surface area contributed by atoms with Gasteiger partial charge in [0.25, 0.3) is 0 Å². The predicted octanol–water partition coefficient (Wildman–Crippen LogP) is -0.0913. The van der Waals surface area contributed by atoms with E-state index in [1.54, 1.807) is 6.92 Å². The van der Waals surface area contributed by atoms with E-state index >= 15 is 0 Å². The molecule has 18 heavy (non-hydrogen) atoms. The lowest BCUT2D eigenvalue weighted by Crippen LogP contribution is -2.46. The molecule has 0 aromatic rings. The topological polar surface area (TPSA) is 87.7 Å². The number of hydrogen-bond acceptors (Lipinski definition) is 5. The van der Waals surface area contributed by atoms with Gasteiger partial charge in [0, 0.05) is 13.1 Å². The van der Waals surface area contributed by atoms with Crippen molar-refractivity contribution < 1.29 is 17.9 Å². The SMILES string of the molecule is CCN(CC1CCNCC1)S(=O)(=O)NC(=O)OC. The first-order chi connectivity index (χ1) is 8.49. The lowest BCUT2D eigenvalue weighted by Gasteiger charge is -2.28. The lowest BCUT2D eigenvalue weighted by molar-refractivity contribution is 0.176. The van der Waals surface area contributed by atoms with Crippen LogP contribution in [-0.4, -0.2) is 52.1 Å². The zero-order valence-corrected chi connectivity index (χ0v) is 11.6. The Hall–Kier alpha value is -0.860. The van der Waals surface area contributed by atoms with Crippen molar-refractivity contribution in [3.63, 3.8) is 0 Å². The van der Waals surface area contributed by atoms with Gasteiger partial charge in [0.1, 0.15) is 0 Å². The van der Waals surface area contributed by atoms with E-state index in [4.69, 9.17) is 0 Å². The summed E-state index contributed by atoms with van der Waals surface area (Å²) in [5.74, 6) is 0.334. The number of ether oxygens (including phenoxy) is 1. The Bertz CT molecular complexity index is 365. The fourth-order valence-electron chi connectivity index (χ4n) is 1.96. The fraction of sp³-hybridized carbons (Fsp3) is 0.900. The highest BCUT2D eigenvalue weighted by molar-refractivity contribution is 7.87. The third-order valence-corrected chi connectivity index (χ3v) is 4.52. The first-order valence-corrected chi connectivity index (χ1v) is 7.50. The van der Waals surface area contributed by atoms with Crippen molar-refractivity contribution in [1.82, 2.24) is 14.3 Å². The molecule has 0 atom stereocenters. The van der Waals surface area contributed by atoms with Crippen molar-refractivity contribution in [2.75, 3.05) is 33.3 Å². The highest BCUT2D eigenvalue weighted by Gasteiger charge is 2.26. The Balaban J connectivity index is 2.60. The van der Waals surface area contributed by atoms with Gasteiger partial charge in [-0.1, -0.05) is 6.92 Å². The molecule has 2 N–H and O–H groups in total. The van der Waals surface area contributed by atoms with Crippen LogP contribution in [0.25, 0.3) is 0 Å². The zero-order valence-electron chi connectivity index (χ0n) is 10.8. The zero-order chi connectivity index (χ0) is 13.6. The minimum atomic E-state index is -3.79. The van der Waals surface area contributed by atoms with Crippen LogP contribution in [0.2, 0.25) is 0 Å². The first kappa shape index (κ1) is 15.2. The molecule has 0 bridgehead atoms. The summed E-state index contributed by atoms with van der Waals surface area (Å²) in [6, 6.07) is 0. The van der Waals surface area contributed by atoms with Gasteiger partial charge in [0.15, 0.2) is 0 Å². The van der Waals surface area contributed by atoms with Crippen molar-refractivity contribution in [1.29, 1.82) is 0 Å². The van der Waals surface area contributed by atoms with Crippen LogP contribution in [0.5, 0.6) is 0 Å². The van der Waals surface area contributed by atoms with Gasteiger partial charge < -0.3 is 10.1 Å². The average Bonchev–Trinajstić information content (AvgIpc) is 2.36. The minimum absolute atomic E-state index is 0.330. The summed E-state index contributed by atoms with van der Waals surface area (Å²) < 4.78 is 31.3. The Morgan fingerprint density at radius 3 is 2.56 bits per heavy atom. The van der Waals surface area contributed by atoms with Gasteiger partial charge >= 0.3 is 16.3 Å². The van der Waals surface area contributed by atoms with Gasteiger partial charge in [-0.25, -0.2) is 9.52 Å². The molecule has 8 heteroatoms. The number of amides is 1. The molecular formula is C10H21N3O4S. The highest BCUT2D eigenvalue weighted by Crippen LogP contribution is 2.14. The van der Waals surface area contributed by atoms with Crippen molar-refractivity contribution in [2.45, 2.75) is 19.8 Å². The molecular weight excluding hydrogens is 258 g/mol.